The number of fused-ring (bicyclic) bond motifs is 12. The molecular weight excluding hydrogens is 1430 g/mol. The van der Waals surface area contributed by atoms with Crippen LogP contribution < -0.4 is 0 Å². The zero-order valence-corrected chi connectivity index (χ0v) is 63.0. The molecule has 22 aromatic rings. The van der Waals surface area contributed by atoms with Crippen LogP contribution in [0.4, 0.5) is 0 Å². The van der Waals surface area contributed by atoms with Crippen molar-refractivity contribution >= 4 is 106 Å². The monoisotopic (exact) mass is 1490 g/mol. The second-order valence-corrected chi connectivity index (χ2v) is 30.5. The van der Waals surface area contributed by atoms with Gasteiger partial charge in [0.2, 0.25) is 0 Å². The van der Waals surface area contributed by atoms with Crippen molar-refractivity contribution in [2.75, 3.05) is 0 Å². The maximum atomic E-state index is 5.50. The zero-order valence-electron chi connectivity index (χ0n) is 61.3. The van der Waals surface area contributed by atoms with Gasteiger partial charge in [0.1, 0.15) is 0 Å². The molecule has 0 bridgehead atoms. The second-order valence-electron chi connectivity index (χ2n) is 28.4. The van der Waals surface area contributed by atoms with Gasteiger partial charge in [-0.1, -0.05) is 346 Å². The summed E-state index contributed by atoms with van der Waals surface area (Å²) in [7, 11) is 0. The van der Waals surface area contributed by atoms with Gasteiger partial charge in [0.25, 0.3) is 0 Å². The van der Waals surface area contributed by atoms with Gasteiger partial charge in [-0.2, -0.15) is 0 Å². The van der Waals surface area contributed by atoms with E-state index < -0.39 is 0 Å². The number of hydrogen-bond acceptors (Lipinski definition) is 10. The van der Waals surface area contributed by atoms with Gasteiger partial charge >= 0.3 is 0 Å². The van der Waals surface area contributed by atoms with E-state index in [1.165, 1.54) is 67.5 Å². The lowest BCUT2D eigenvalue weighted by molar-refractivity contribution is 1.07. The van der Waals surface area contributed by atoms with Crippen LogP contribution in [0.15, 0.2) is 388 Å². The molecule has 0 N–H and O–H groups in total. The molecule has 10 heteroatoms. The maximum absolute atomic E-state index is 5.50. The summed E-state index contributed by atoms with van der Waals surface area (Å²) in [4.78, 5) is 40.7. The van der Waals surface area contributed by atoms with E-state index in [2.05, 4.69) is 291 Å². The Morgan fingerprint density at radius 3 is 0.947 bits per heavy atom. The molecule has 16 aromatic carbocycles. The average molecular weight is 1490 g/mol. The fourth-order valence-corrected chi connectivity index (χ4v) is 18.3. The summed E-state index contributed by atoms with van der Waals surface area (Å²) in [5, 5.41) is 12.2. The largest absolute Gasteiger partial charge is 0.246 e. The van der Waals surface area contributed by atoms with Crippen LogP contribution >= 0.6 is 22.7 Å². The molecule has 532 valence electrons. The van der Waals surface area contributed by atoms with Crippen molar-refractivity contribution in [2.24, 2.45) is 0 Å². The Bertz CT molecular complexity index is 7390. The van der Waals surface area contributed by atoms with Crippen LogP contribution in [0.2, 0.25) is 0 Å². The third-order valence-electron chi connectivity index (χ3n) is 21.5. The quantitative estimate of drug-likeness (QED) is 0.119. The minimum atomic E-state index is 0.624. The van der Waals surface area contributed by atoms with E-state index in [1.807, 2.05) is 120 Å². The van der Waals surface area contributed by atoms with Gasteiger partial charge in [-0.15, -0.1) is 22.7 Å². The van der Waals surface area contributed by atoms with Crippen molar-refractivity contribution in [1.82, 2.24) is 39.9 Å². The summed E-state index contributed by atoms with van der Waals surface area (Å²) < 4.78 is 4.97. The number of aromatic nitrogens is 8. The van der Waals surface area contributed by atoms with E-state index in [0.717, 1.165) is 117 Å². The normalized spacial score (nSPS) is 11.5. The summed E-state index contributed by atoms with van der Waals surface area (Å²) in [6.45, 7) is 0. The van der Waals surface area contributed by atoms with Crippen LogP contribution in [-0.2, 0) is 0 Å². The minimum absolute atomic E-state index is 0.624. The van der Waals surface area contributed by atoms with Crippen molar-refractivity contribution in [3.8, 4) is 135 Å². The Balaban J connectivity index is 0.000000146. The van der Waals surface area contributed by atoms with E-state index in [0.29, 0.717) is 34.9 Å². The van der Waals surface area contributed by atoms with Gasteiger partial charge in [0.05, 0.1) is 31.8 Å². The number of hydrogen-bond donors (Lipinski definition) is 0. The van der Waals surface area contributed by atoms with Crippen molar-refractivity contribution in [1.29, 1.82) is 0 Å². The van der Waals surface area contributed by atoms with Gasteiger partial charge in [0, 0.05) is 86.2 Å². The standard InChI is InChI=1S/C58H36N4S.C46H28N4S/c1-3-14-37(15-4-1)38-28-30-41(31-29-38)57-60-56(40-17-5-2-6-18-40)61-58(62-57)46-23-12-22-44(35-46)42-20-11-21-43(34-42)45-32-33-49-51(36-45)59-54(48-26-13-19-39-16-7-8-24-47(39)48)55-53(49)50-25-9-10-27-52(50)63-55;1-3-13-31(14-4-1)44-48-45(32-15-5-2-6-16-32)50-46(49-44)33-24-22-29(23-25-33)34-26-27-39-38(28-34)41-37-19-9-10-21-40(37)51-43(41)42(47-39)36-20-11-17-30-12-7-8-18-35(30)36/h1-36H;1-28H. The third kappa shape index (κ3) is 12.6. The summed E-state index contributed by atoms with van der Waals surface area (Å²) in [6.07, 6.45) is 0. The molecule has 22 rings (SSSR count). The molecule has 0 amide bonds. The Morgan fingerprint density at radius 2 is 0.465 bits per heavy atom. The van der Waals surface area contributed by atoms with E-state index in [9.17, 15) is 0 Å². The molecule has 114 heavy (non-hydrogen) atoms. The smallest absolute Gasteiger partial charge is 0.164 e. The Hall–Kier alpha value is -14.7. The first-order valence-electron chi connectivity index (χ1n) is 38.1. The van der Waals surface area contributed by atoms with E-state index in [4.69, 9.17) is 39.9 Å². The highest BCUT2D eigenvalue weighted by molar-refractivity contribution is 7.27. The number of rotatable bonds is 12. The molecule has 6 aromatic heterocycles. The third-order valence-corrected chi connectivity index (χ3v) is 23.8. The minimum Gasteiger partial charge on any atom is -0.246 e. The van der Waals surface area contributed by atoms with Crippen molar-refractivity contribution < 1.29 is 0 Å². The molecule has 0 saturated heterocycles. The van der Waals surface area contributed by atoms with E-state index >= 15 is 0 Å². The number of benzene rings is 16. The fraction of sp³-hybridized carbons (Fsp3) is 0. The van der Waals surface area contributed by atoms with Crippen LogP contribution in [-0.4, -0.2) is 39.9 Å². The molecule has 0 aliphatic carbocycles. The van der Waals surface area contributed by atoms with Crippen LogP contribution in [0.3, 0.4) is 0 Å². The van der Waals surface area contributed by atoms with Crippen LogP contribution in [0, 0.1) is 0 Å². The first kappa shape index (κ1) is 67.4. The second kappa shape index (κ2) is 29.0. The first-order valence-corrected chi connectivity index (χ1v) is 39.7. The number of pyridine rings is 2. The molecule has 0 fully saturated rings. The van der Waals surface area contributed by atoms with Crippen LogP contribution in [0.25, 0.3) is 219 Å². The lowest BCUT2D eigenvalue weighted by Crippen LogP contribution is -2.00. The lowest BCUT2D eigenvalue weighted by atomic mass is 9.95. The average Bonchev–Trinajstić information content (AvgIpc) is 1.56. The summed E-state index contributed by atoms with van der Waals surface area (Å²) in [6, 6.07) is 136. The predicted octanol–water partition coefficient (Wildman–Crippen LogP) is 27.9. The highest BCUT2D eigenvalue weighted by Crippen LogP contribution is 2.48. The fourth-order valence-electron chi connectivity index (χ4n) is 15.8. The topological polar surface area (TPSA) is 103 Å². The molecule has 0 unspecified atom stereocenters. The SMILES string of the molecule is c1ccc(-c2ccc(-c3nc(-c4ccccc4)nc(-c4cccc(-c5cccc(-c6ccc7c(c6)nc(-c6cccc8ccccc68)c6sc8ccccc8c67)c5)c4)n3)cc2)cc1.c1ccc(-c2nc(-c3ccccc3)nc(-c3ccc(-c4ccc5nc(-c6cccc7ccccc67)c6sc7ccccc7c6c5c4)cc3)n2)cc1. The first-order chi connectivity index (χ1) is 56.5. The summed E-state index contributed by atoms with van der Waals surface area (Å²) >= 11 is 3.66. The van der Waals surface area contributed by atoms with Crippen molar-refractivity contribution in [3.05, 3.63) is 388 Å². The van der Waals surface area contributed by atoms with Gasteiger partial charge in [0.15, 0.2) is 34.9 Å². The Kier molecular flexibility index (Phi) is 17.1. The van der Waals surface area contributed by atoms with Gasteiger partial charge in [-0.25, -0.2) is 39.9 Å². The molecule has 8 nitrogen and oxygen atoms in total. The highest BCUT2D eigenvalue weighted by Gasteiger charge is 2.23. The van der Waals surface area contributed by atoms with Crippen molar-refractivity contribution in [2.45, 2.75) is 0 Å². The Labute approximate surface area is 665 Å². The molecule has 0 radical (unpaired) electrons. The zero-order chi connectivity index (χ0) is 75.4. The highest BCUT2D eigenvalue weighted by atomic mass is 32.1. The number of nitrogens with zero attached hydrogens (tertiary/aromatic N) is 8. The van der Waals surface area contributed by atoms with E-state index in [-0.39, 0.29) is 0 Å². The molecule has 6 heterocycles. The molecule has 0 spiro atoms. The maximum Gasteiger partial charge on any atom is 0.164 e. The van der Waals surface area contributed by atoms with Gasteiger partial charge in [-0.05, 0) is 109 Å². The summed E-state index contributed by atoms with van der Waals surface area (Å²) in [5.41, 5.74) is 21.0. The molecular formula is C104H64N8S2. The Morgan fingerprint density at radius 1 is 0.167 bits per heavy atom. The summed E-state index contributed by atoms with van der Waals surface area (Å²) in [5.74, 6) is 3.84. The van der Waals surface area contributed by atoms with Gasteiger partial charge in [-0.3, -0.25) is 0 Å². The lowest BCUT2D eigenvalue weighted by Gasteiger charge is -2.12. The van der Waals surface area contributed by atoms with Crippen molar-refractivity contribution in [3.63, 3.8) is 0 Å². The van der Waals surface area contributed by atoms with E-state index in [1.54, 1.807) is 0 Å². The molecule has 0 saturated carbocycles. The molecule has 0 aliphatic rings. The predicted molar refractivity (Wildman–Crippen MR) is 476 cm³/mol. The van der Waals surface area contributed by atoms with Gasteiger partial charge < -0.3 is 0 Å². The van der Waals surface area contributed by atoms with Crippen LogP contribution in [0.1, 0.15) is 0 Å². The number of thiophene rings is 2. The molecule has 0 atom stereocenters. The molecule has 0 aliphatic heterocycles. The van der Waals surface area contributed by atoms with Crippen LogP contribution in [0.5, 0.6) is 0 Å².